The Kier molecular flexibility index (Phi) is 4.51. The van der Waals surface area contributed by atoms with Crippen LogP contribution >= 0.6 is 0 Å². The predicted molar refractivity (Wildman–Crippen MR) is 129 cm³/mol. The second kappa shape index (κ2) is 7.02. The lowest BCUT2D eigenvalue weighted by Gasteiger charge is -2.23. The van der Waals surface area contributed by atoms with Gasteiger partial charge >= 0.3 is 0 Å². The largest absolute Gasteiger partial charge is 0.260 e. The number of fused-ring (bicyclic) bond motifs is 4. The molecule has 1 aliphatic carbocycles. The van der Waals surface area contributed by atoms with Crippen LogP contribution in [0.1, 0.15) is 50.1 Å². The van der Waals surface area contributed by atoms with Crippen molar-refractivity contribution in [1.82, 2.24) is 4.98 Å². The molecular formula is C29H31N2+. The molecule has 0 saturated carbocycles. The van der Waals surface area contributed by atoms with Crippen molar-refractivity contribution < 1.29 is 4.57 Å². The van der Waals surface area contributed by atoms with Crippen molar-refractivity contribution in [2.45, 2.75) is 46.5 Å². The van der Waals surface area contributed by atoms with E-state index in [0.29, 0.717) is 5.92 Å². The van der Waals surface area contributed by atoms with Crippen LogP contribution in [0, 0.1) is 12.8 Å². The number of aromatic nitrogens is 2. The summed E-state index contributed by atoms with van der Waals surface area (Å²) in [6.07, 6.45) is 3.02. The van der Waals surface area contributed by atoms with Gasteiger partial charge in [-0.25, -0.2) is 0 Å². The van der Waals surface area contributed by atoms with Gasteiger partial charge in [0.1, 0.15) is 7.05 Å². The van der Waals surface area contributed by atoms with Gasteiger partial charge in [0.15, 0.2) is 0 Å². The Labute approximate surface area is 185 Å². The lowest BCUT2D eigenvalue weighted by Crippen LogP contribution is -2.33. The van der Waals surface area contributed by atoms with Crippen molar-refractivity contribution in [3.05, 3.63) is 83.2 Å². The van der Waals surface area contributed by atoms with E-state index >= 15 is 0 Å². The summed E-state index contributed by atoms with van der Waals surface area (Å²) in [5, 5.41) is 1.36. The molecular weight excluding hydrogens is 376 g/mol. The molecule has 5 rings (SSSR count). The van der Waals surface area contributed by atoms with E-state index in [0.717, 1.165) is 6.42 Å². The second-order valence-electron chi connectivity index (χ2n) is 9.93. The molecule has 156 valence electrons. The van der Waals surface area contributed by atoms with Crippen molar-refractivity contribution >= 4 is 10.9 Å². The van der Waals surface area contributed by atoms with Crippen LogP contribution in [0.3, 0.4) is 0 Å². The Morgan fingerprint density at radius 1 is 0.935 bits per heavy atom. The lowest BCUT2D eigenvalue weighted by molar-refractivity contribution is -0.633. The number of benzene rings is 2. The van der Waals surface area contributed by atoms with Gasteiger partial charge in [0, 0.05) is 34.7 Å². The summed E-state index contributed by atoms with van der Waals surface area (Å²) in [4.78, 5) is 4.80. The van der Waals surface area contributed by atoms with Gasteiger partial charge in [0.25, 0.3) is 0 Å². The number of nitrogens with zero attached hydrogens (tertiary/aromatic N) is 2. The van der Waals surface area contributed by atoms with Crippen LogP contribution in [-0.2, 0) is 18.9 Å². The molecule has 0 radical (unpaired) electrons. The Morgan fingerprint density at radius 3 is 2.52 bits per heavy atom. The topological polar surface area (TPSA) is 16.8 Å². The maximum absolute atomic E-state index is 4.80. The average molecular weight is 408 g/mol. The summed E-state index contributed by atoms with van der Waals surface area (Å²) >= 11 is 0. The number of hydrogen-bond acceptors (Lipinski definition) is 1. The van der Waals surface area contributed by atoms with Crippen molar-refractivity contribution in [3.8, 4) is 22.4 Å². The van der Waals surface area contributed by atoms with E-state index in [2.05, 4.69) is 101 Å². The van der Waals surface area contributed by atoms with Crippen molar-refractivity contribution in [1.29, 1.82) is 0 Å². The minimum atomic E-state index is -0.130. The fourth-order valence-corrected chi connectivity index (χ4v) is 5.51. The first kappa shape index (κ1) is 19.9. The molecule has 0 amide bonds. The van der Waals surface area contributed by atoms with Gasteiger partial charge in [0.05, 0.1) is 11.3 Å². The van der Waals surface area contributed by atoms with Gasteiger partial charge in [-0.1, -0.05) is 58.0 Å². The molecule has 0 bridgehead atoms. The van der Waals surface area contributed by atoms with Gasteiger partial charge in [-0.05, 0) is 53.6 Å². The molecule has 0 N–H and O–H groups in total. The molecule has 0 atom stereocenters. The molecule has 1 aliphatic rings. The highest BCUT2D eigenvalue weighted by atomic mass is 14.9. The van der Waals surface area contributed by atoms with Crippen LogP contribution in [0.5, 0.6) is 0 Å². The first-order valence-corrected chi connectivity index (χ1v) is 11.3. The highest BCUT2D eigenvalue weighted by Crippen LogP contribution is 2.51. The minimum absolute atomic E-state index is 0.130. The predicted octanol–water partition coefficient (Wildman–Crippen LogP) is 6.54. The SMILES string of the molecule is Cc1ccc2c(c1-c1ccc3c(CC(C)C)cccc3[n+]1C)C(C)(C)c1ncccc1-2. The smallest absolute Gasteiger partial charge is 0.213 e. The summed E-state index contributed by atoms with van der Waals surface area (Å²) in [7, 11) is 2.21. The van der Waals surface area contributed by atoms with Crippen LogP contribution < -0.4 is 4.57 Å². The van der Waals surface area contributed by atoms with Gasteiger partial charge in [-0.15, -0.1) is 0 Å². The molecule has 2 heteroatoms. The lowest BCUT2D eigenvalue weighted by atomic mass is 9.80. The molecule has 2 aromatic carbocycles. The summed E-state index contributed by atoms with van der Waals surface area (Å²) in [5.74, 6) is 0.641. The number of aryl methyl sites for hydroxylation is 2. The van der Waals surface area contributed by atoms with Crippen molar-refractivity contribution in [3.63, 3.8) is 0 Å². The van der Waals surface area contributed by atoms with E-state index in [1.807, 2.05) is 6.20 Å². The van der Waals surface area contributed by atoms with Crippen LogP contribution in [-0.4, -0.2) is 4.98 Å². The molecule has 0 saturated heterocycles. The molecule has 0 spiro atoms. The Morgan fingerprint density at radius 2 is 1.74 bits per heavy atom. The molecule has 4 aromatic rings. The van der Waals surface area contributed by atoms with E-state index in [1.54, 1.807) is 0 Å². The second-order valence-corrected chi connectivity index (χ2v) is 9.93. The number of pyridine rings is 2. The van der Waals surface area contributed by atoms with Crippen molar-refractivity contribution in [2.75, 3.05) is 0 Å². The summed E-state index contributed by atoms with van der Waals surface area (Å²) < 4.78 is 2.38. The standard InChI is InChI=1S/C29H31N2/c1-18(2)17-20-9-7-11-24-21(20)14-15-25(31(24)6)26-19(3)12-13-22-23-10-8-16-30-28(23)29(4,5)27(22)26/h7-16,18H,17H2,1-6H3/q+1. The van der Waals surface area contributed by atoms with E-state index in [4.69, 9.17) is 4.98 Å². The summed E-state index contributed by atoms with van der Waals surface area (Å²) in [6, 6.07) is 20.2. The van der Waals surface area contributed by atoms with Gasteiger partial charge in [-0.2, -0.15) is 4.57 Å². The Bertz CT molecular complexity index is 1330. The van der Waals surface area contributed by atoms with Crippen molar-refractivity contribution in [2.24, 2.45) is 13.0 Å². The Balaban J connectivity index is 1.79. The summed E-state index contributed by atoms with van der Waals surface area (Å²) in [6.45, 7) is 11.4. The highest BCUT2D eigenvalue weighted by Gasteiger charge is 2.40. The maximum atomic E-state index is 4.80. The monoisotopic (exact) mass is 407 g/mol. The molecule has 31 heavy (non-hydrogen) atoms. The average Bonchev–Trinajstić information content (AvgIpc) is 2.97. The number of hydrogen-bond donors (Lipinski definition) is 0. The van der Waals surface area contributed by atoms with Crippen LogP contribution in [0.4, 0.5) is 0 Å². The van der Waals surface area contributed by atoms with Gasteiger partial charge in [-0.3, -0.25) is 4.98 Å². The molecule has 0 aliphatic heterocycles. The third-order valence-corrected chi connectivity index (χ3v) is 6.92. The maximum Gasteiger partial charge on any atom is 0.213 e. The third-order valence-electron chi connectivity index (χ3n) is 6.92. The van der Waals surface area contributed by atoms with Crippen LogP contribution in [0.25, 0.3) is 33.3 Å². The quantitative estimate of drug-likeness (QED) is 0.352. The van der Waals surface area contributed by atoms with Crippen LogP contribution in [0.2, 0.25) is 0 Å². The fraction of sp³-hybridized carbons (Fsp3) is 0.310. The highest BCUT2D eigenvalue weighted by molar-refractivity contribution is 5.88. The molecule has 2 heterocycles. The zero-order chi connectivity index (χ0) is 21.9. The first-order chi connectivity index (χ1) is 14.8. The number of rotatable bonds is 3. The third kappa shape index (κ3) is 2.92. The van der Waals surface area contributed by atoms with E-state index < -0.39 is 0 Å². The first-order valence-electron chi connectivity index (χ1n) is 11.3. The minimum Gasteiger partial charge on any atom is -0.260 e. The fourth-order valence-electron chi connectivity index (χ4n) is 5.51. The van der Waals surface area contributed by atoms with Gasteiger partial charge < -0.3 is 0 Å². The van der Waals surface area contributed by atoms with E-state index in [1.165, 1.54) is 55.7 Å². The zero-order valence-electron chi connectivity index (χ0n) is 19.5. The van der Waals surface area contributed by atoms with E-state index in [9.17, 15) is 0 Å². The molecule has 2 aromatic heterocycles. The normalized spacial score (nSPS) is 14.2. The summed E-state index contributed by atoms with van der Waals surface area (Å²) in [5.41, 5.74) is 11.7. The van der Waals surface area contributed by atoms with Gasteiger partial charge in [0.2, 0.25) is 11.2 Å². The Hall–Kier alpha value is -3.00. The molecule has 0 fully saturated rings. The van der Waals surface area contributed by atoms with Crippen LogP contribution in [0.15, 0.2) is 60.8 Å². The molecule has 0 unspecified atom stereocenters. The zero-order valence-corrected chi connectivity index (χ0v) is 19.5. The van der Waals surface area contributed by atoms with E-state index in [-0.39, 0.29) is 5.41 Å². The molecule has 2 nitrogen and oxygen atoms in total.